The van der Waals surface area contributed by atoms with E-state index in [1.165, 1.54) is 28.4 Å². The lowest BCUT2D eigenvalue weighted by Crippen LogP contribution is -2.18. The highest BCUT2D eigenvalue weighted by molar-refractivity contribution is 7.17. The molecule has 4 heterocycles. The van der Waals surface area contributed by atoms with Gasteiger partial charge in [-0.05, 0) is 11.6 Å². The molecule has 4 aromatic heterocycles. The van der Waals surface area contributed by atoms with Crippen molar-refractivity contribution in [1.82, 2.24) is 29.1 Å². The number of thiazole rings is 1. The summed E-state index contributed by atoms with van der Waals surface area (Å²) in [5.74, 6) is 0.463. The van der Waals surface area contributed by atoms with Crippen LogP contribution in [0.3, 0.4) is 0 Å². The van der Waals surface area contributed by atoms with Crippen LogP contribution in [0.5, 0.6) is 0 Å². The number of hydrogen-bond donors (Lipinski definition) is 0. The third-order valence-corrected chi connectivity index (χ3v) is 4.98. The number of pyridine rings is 1. The summed E-state index contributed by atoms with van der Waals surface area (Å²) in [5, 5.41) is 5.20. The highest BCUT2D eigenvalue weighted by atomic mass is 32.1. The molecule has 0 fully saturated rings. The van der Waals surface area contributed by atoms with Crippen LogP contribution in [0.2, 0.25) is 0 Å². The molecule has 1 aromatic carbocycles. The van der Waals surface area contributed by atoms with E-state index in [0.29, 0.717) is 21.8 Å². The lowest BCUT2D eigenvalue weighted by Gasteiger charge is -2.04. The second-order valence-electron chi connectivity index (χ2n) is 5.39. The first-order valence-corrected chi connectivity index (χ1v) is 8.35. The molecule has 120 valence electrons. The standard InChI is InChI=1S/C17H10N6OS/c24-15-12-8-18-16-20-10-21-23(16)13(12)6-7-22(15)17-19-9-14(25-17)11-4-2-1-3-5-11/h1-10H. The van der Waals surface area contributed by atoms with Crippen molar-refractivity contribution in [2.45, 2.75) is 0 Å². The quantitative estimate of drug-likeness (QED) is 0.491. The minimum Gasteiger partial charge on any atom is -0.268 e. The number of nitrogens with zero attached hydrogens (tertiary/aromatic N) is 6. The Morgan fingerprint density at radius 3 is 2.72 bits per heavy atom. The number of hydrogen-bond acceptors (Lipinski definition) is 6. The monoisotopic (exact) mass is 346 g/mol. The summed E-state index contributed by atoms with van der Waals surface area (Å²) in [7, 11) is 0. The first-order chi connectivity index (χ1) is 12.3. The predicted molar refractivity (Wildman–Crippen MR) is 95.0 cm³/mol. The van der Waals surface area contributed by atoms with E-state index in [2.05, 4.69) is 20.1 Å². The molecular weight excluding hydrogens is 336 g/mol. The third-order valence-electron chi connectivity index (χ3n) is 3.93. The van der Waals surface area contributed by atoms with E-state index in [1.807, 2.05) is 36.4 Å². The predicted octanol–water partition coefficient (Wildman–Crippen LogP) is 2.55. The number of aromatic nitrogens is 6. The summed E-state index contributed by atoms with van der Waals surface area (Å²) in [6.07, 6.45) is 6.44. The Balaban J connectivity index is 1.69. The van der Waals surface area contributed by atoms with Crippen LogP contribution in [0, 0.1) is 0 Å². The maximum absolute atomic E-state index is 12.9. The number of fused-ring (bicyclic) bond motifs is 3. The Kier molecular flexibility index (Phi) is 2.98. The van der Waals surface area contributed by atoms with Crippen LogP contribution in [0.25, 0.3) is 32.3 Å². The molecule has 0 N–H and O–H groups in total. The third kappa shape index (κ3) is 2.15. The van der Waals surface area contributed by atoms with Crippen LogP contribution in [-0.4, -0.2) is 29.1 Å². The van der Waals surface area contributed by atoms with Crippen LogP contribution >= 0.6 is 11.3 Å². The SMILES string of the molecule is O=c1c2cnc3ncnn3c2ccn1-c1ncc(-c2ccccc2)s1. The van der Waals surface area contributed by atoms with Gasteiger partial charge in [0.05, 0.1) is 15.8 Å². The molecule has 25 heavy (non-hydrogen) atoms. The van der Waals surface area contributed by atoms with Crippen molar-refractivity contribution in [2.24, 2.45) is 0 Å². The highest BCUT2D eigenvalue weighted by Crippen LogP contribution is 2.27. The van der Waals surface area contributed by atoms with Crippen LogP contribution in [0.4, 0.5) is 0 Å². The van der Waals surface area contributed by atoms with E-state index >= 15 is 0 Å². The molecule has 0 aliphatic rings. The molecule has 0 radical (unpaired) electrons. The lowest BCUT2D eigenvalue weighted by molar-refractivity contribution is 0.951. The van der Waals surface area contributed by atoms with Gasteiger partial charge in [-0.2, -0.15) is 14.6 Å². The zero-order chi connectivity index (χ0) is 16.8. The maximum Gasteiger partial charge on any atom is 0.267 e. The second-order valence-corrected chi connectivity index (χ2v) is 6.40. The fourth-order valence-corrected chi connectivity index (χ4v) is 3.63. The molecule has 5 aromatic rings. The van der Waals surface area contributed by atoms with Gasteiger partial charge in [0, 0.05) is 18.6 Å². The first kappa shape index (κ1) is 14.0. The van der Waals surface area contributed by atoms with Gasteiger partial charge in [0.2, 0.25) is 0 Å². The van der Waals surface area contributed by atoms with Gasteiger partial charge < -0.3 is 0 Å². The molecule has 0 saturated carbocycles. The second kappa shape index (κ2) is 5.32. The van der Waals surface area contributed by atoms with Crippen LogP contribution in [0.1, 0.15) is 0 Å². The summed E-state index contributed by atoms with van der Waals surface area (Å²) in [6.45, 7) is 0. The van der Waals surface area contributed by atoms with Crippen molar-refractivity contribution in [1.29, 1.82) is 0 Å². The molecule has 0 unspecified atom stereocenters. The van der Waals surface area contributed by atoms with E-state index in [1.54, 1.807) is 16.9 Å². The van der Waals surface area contributed by atoms with E-state index in [9.17, 15) is 4.79 Å². The van der Waals surface area contributed by atoms with Crippen LogP contribution in [-0.2, 0) is 0 Å². The molecular formula is C17H10N6OS. The molecule has 0 bridgehead atoms. The molecule has 0 spiro atoms. The molecule has 0 amide bonds. The van der Waals surface area contributed by atoms with Crippen molar-refractivity contribution in [3.05, 3.63) is 71.7 Å². The Morgan fingerprint density at radius 1 is 0.960 bits per heavy atom. The molecule has 0 aliphatic heterocycles. The summed E-state index contributed by atoms with van der Waals surface area (Å²) < 4.78 is 3.09. The lowest BCUT2D eigenvalue weighted by atomic mass is 10.2. The van der Waals surface area contributed by atoms with E-state index in [-0.39, 0.29) is 5.56 Å². The van der Waals surface area contributed by atoms with Crippen molar-refractivity contribution >= 4 is 28.0 Å². The Labute approximate surface area is 144 Å². The molecule has 0 atom stereocenters. The van der Waals surface area contributed by atoms with Crippen molar-refractivity contribution in [3.8, 4) is 15.6 Å². The summed E-state index contributed by atoms with van der Waals surface area (Å²) in [4.78, 5) is 26.5. The van der Waals surface area contributed by atoms with Crippen molar-refractivity contribution < 1.29 is 0 Å². The average Bonchev–Trinajstić information content (AvgIpc) is 3.32. The number of rotatable bonds is 2. The van der Waals surface area contributed by atoms with Crippen LogP contribution in [0.15, 0.2) is 66.1 Å². The maximum atomic E-state index is 12.9. The summed E-state index contributed by atoms with van der Waals surface area (Å²) in [6, 6.07) is 11.8. The Morgan fingerprint density at radius 2 is 1.84 bits per heavy atom. The van der Waals surface area contributed by atoms with E-state index in [4.69, 9.17) is 0 Å². The molecule has 5 rings (SSSR count). The van der Waals surface area contributed by atoms with Gasteiger partial charge in [-0.15, -0.1) is 0 Å². The molecule has 8 heteroatoms. The highest BCUT2D eigenvalue weighted by Gasteiger charge is 2.12. The fourth-order valence-electron chi connectivity index (χ4n) is 2.73. The van der Waals surface area contributed by atoms with Gasteiger partial charge in [0.15, 0.2) is 5.13 Å². The average molecular weight is 346 g/mol. The Hall–Kier alpha value is -3.39. The van der Waals surface area contributed by atoms with Gasteiger partial charge in [0.1, 0.15) is 6.33 Å². The number of benzene rings is 1. The van der Waals surface area contributed by atoms with E-state index < -0.39 is 0 Å². The first-order valence-electron chi connectivity index (χ1n) is 7.53. The van der Waals surface area contributed by atoms with Crippen molar-refractivity contribution in [2.75, 3.05) is 0 Å². The van der Waals surface area contributed by atoms with Gasteiger partial charge in [0.25, 0.3) is 11.3 Å². The van der Waals surface area contributed by atoms with Gasteiger partial charge >= 0.3 is 0 Å². The molecule has 0 saturated heterocycles. The minimum atomic E-state index is -0.184. The van der Waals surface area contributed by atoms with E-state index in [0.717, 1.165) is 10.4 Å². The largest absolute Gasteiger partial charge is 0.268 e. The smallest absolute Gasteiger partial charge is 0.267 e. The van der Waals surface area contributed by atoms with Crippen molar-refractivity contribution in [3.63, 3.8) is 0 Å². The summed E-state index contributed by atoms with van der Waals surface area (Å²) >= 11 is 1.46. The fraction of sp³-hybridized carbons (Fsp3) is 0. The topological polar surface area (TPSA) is 78.0 Å². The zero-order valence-electron chi connectivity index (χ0n) is 12.8. The van der Waals surface area contributed by atoms with Crippen LogP contribution < -0.4 is 5.56 Å². The summed E-state index contributed by atoms with van der Waals surface area (Å²) in [5.41, 5.74) is 1.56. The Bertz CT molecular complexity index is 1270. The van der Waals surface area contributed by atoms with Gasteiger partial charge in [-0.1, -0.05) is 41.7 Å². The van der Waals surface area contributed by atoms with Gasteiger partial charge in [-0.3, -0.25) is 9.36 Å². The molecule has 7 nitrogen and oxygen atoms in total. The molecule has 0 aliphatic carbocycles. The minimum absolute atomic E-state index is 0.184. The zero-order valence-corrected chi connectivity index (χ0v) is 13.6. The normalized spacial score (nSPS) is 11.4. The van der Waals surface area contributed by atoms with Gasteiger partial charge in [-0.25, -0.2) is 9.97 Å².